The number of rotatable bonds is 7. The van der Waals surface area contributed by atoms with Gasteiger partial charge in [0.2, 0.25) is 0 Å². The van der Waals surface area contributed by atoms with Gasteiger partial charge < -0.3 is 5.32 Å². The van der Waals surface area contributed by atoms with Crippen molar-refractivity contribution in [3.8, 4) is 0 Å². The van der Waals surface area contributed by atoms with Gasteiger partial charge in [-0.05, 0) is 58.1 Å². The Morgan fingerprint density at radius 2 is 1.95 bits per heavy atom. The molecule has 2 rings (SSSR count). The summed E-state index contributed by atoms with van der Waals surface area (Å²) in [4.78, 5) is 4.31. The van der Waals surface area contributed by atoms with Crippen LogP contribution >= 0.6 is 15.9 Å². The smallest absolute Gasteiger partial charge is 0.0592 e. The van der Waals surface area contributed by atoms with E-state index in [1.54, 1.807) is 0 Å². The Morgan fingerprint density at radius 1 is 1.10 bits per heavy atom. The fourth-order valence-electron chi connectivity index (χ4n) is 2.52. The molecule has 0 amide bonds. The van der Waals surface area contributed by atoms with E-state index in [1.165, 1.54) is 23.1 Å². The first kappa shape index (κ1) is 16.2. The molecule has 2 nitrogen and oxygen atoms in total. The average Bonchev–Trinajstić information content (AvgIpc) is 2.49. The summed E-state index contributed by atoms with van der Waals surface area (Å²) in [5.74, 6) is 0. The molecule has 0 aliphatic rings. The van der Waals surface area contributed by atoms with E-state index in [0.29, 0.717) is 0 Å². The van der Waals surface area contributed by atoms with E-state index >= 15 is 0 Å². The molecule has 0 spiro atoms. The first-order valence-corrected chi connectivity index (χ1v) is 8.46. The Hall–Kier alpha value is -1.19. The van der Waals surface area contributed by atoms with Gasteiger partial charge in [0.15, 0.2) is 0 Å². The molecule has 0 saturated heterocycles. The van der Waals surface area contributed by atoms with Gasteiger partial charge in [-0.15, -0.1) is 0 Å². The summed E-state index contributed by atoms with van der Waals surface area (Å²) in [5.41, 5.74) is 3.92. The van der Waals surface area contributed by atoms with Gasteiger partial charge in [0.25, 0.3) is 0 Å². The molecule has 21 heavy (non-hydrogen) atoms. The molecule has 1 heterocycles. The lowest BCUT2D eigenvalue weighted by Crippen LogP contribution is -2.23. The van der Waals surface area contributed by atoms with E-state index in [2.05, 4.69) is 70.4 Å². The maximum atomic E-state index is 4.31. The van der Waals surface area contributed by atoms with E-state index in [9.17, 15) is 0 Å². The lowest BCUT2D eigenvalue weighted by atomic mass is 9.97. The normalized spacial score (nSPS) is 12.3. The van der Waals surface area contributed by atoms with Crippen LogP contribution in [0.2, 0.25) is 0 Å². The zero-order valence-electron chi connectivity index (χ0n) is 12.8. The summed E-state index contributed by atoms with van der Waals surface area (Å²) < 4.78 is 1.02. The van der Waals surface area contributed by atoms with Crippen LogP contribution in [0.3, 0.4) is 0 Å². The van der Waals surface area contributed by atoms with Gasteiger partial charge in [-0.2, -0.15) is 0 Å². The van der Waals surface area contributed by atoms with Crippen LogP contribution in [-0.2, 0) is 6.42 Å². The lowest BCUT2D eigenvalue weighted by molar-refractivity contribution is 0.596. The molecule has 0 bridgehead atoms. The Bertz CT molecular complexity index is 569. The second-order valence-electron chi connectivity index (χ2n) is 5.32. The predicted molar refractivity (Wildman–Crippen MR) is 92.5 cm³/mol. The van der Waals surface area contributed by atoms with Crippen LogP contribution in [0.4, 0.5) is 0 Å². The molecule has 3 heteroatoms. The van der Waals surface area contributed by atoms with Crippen LogP contribution in [0, 0.1) is 0 Å². The van der Waals surface area contributed by atoms with Crippen LogP contribution in [0.5, 0.6) is 0 Å². The minimum Gasteiger partial charge on any atom is -0.306 e. The first-order chi connectivity index (χ1) is 10.2. The molecule has 0 aliphatic heterocycles. The standard InChI is InChI=1S/C18H23BrN2/c1-3-6-14-7-5-8-15(10-14)18(21-9-4-2)16-11-17(19)13-20-12-16/h5,7-8,10-13,18,21H,3-4,6,9H2,1-2H3. The third-order valence-corrected chi connectivity index (χ3v) is 3.91. The average molecular weight is 347 g/mol. The monoisotopic (exact) mass is 346 g/mol. The van der Waals surface area contributed by atoms with Crippen molar-refractivity contribution in [2.75, 3.05) is 6.54 Å². The van der Waals surface area contributed by atoms with Crippen molar-refractivity contribution < 1.29 is 0 Å². The molecule has 0 radical (unpaired) electrons. The van der Waals surface area contributed by atoms with Gasteiger partial charge in [0, 0.05) is 16.9 Å². The zero-order valence-corrected chi connectivity index (χ0v) is 14.4. The van der Waals surface area contributed by atoms with E-state index in [0.717, 1.165) is 23.9 Å². The maximum Gasteiger partial charge on any atom is 0.0592 e. The third-order valence-electron chi connectivity index (χ3n) is 3.48. The minimum atomic E-state index is 0.201. The number of nitrogens with one attached hydrogen (secondary N) is 1. The fraction of sp³-hybridized carbons (Fsp3) is 0.389. The van der Waals surface area contributed by atoms with Crippen LogP contribution < -0.4 is 5.32 Å². The highest BCUT2D eigenvalue weighted by atomic mass is 79.9. The second-order valence-corrected chi connectivity index (χ2v) is 6.23. The van der Waals surface area contributed by atoms with Crippen LogP contribution in [0.25, 0.3) is 0 Å². The molecule has 1 N–H and O–H groups in total. The van der Waals surface area contributed by atoms with Crippen molar-refractivity contribution in [1.82, 2.24) is 10.3 Å². The SMILES string of the molecule is CCCNC(c1cncc(Br)c1)c1cccc(CCC)c1. The molecule has 1 aromatic heterocycles. The molecule has 2 aromatic rings. The van der Waals surface area contributed by atoms with Crippen LogP contribution in [0.1, 0.15) is 49.4 Å². The second kappa shape index (κ2) is 8.30. The summed E-state index contributed by atoms with van der Waals surface area (Å²) in [6.07, 6.45) is 7.20. The van der Waals surface area contributed by atoms with Crippen molar-refractivity contribution >= 4 is 15.9 Å². The van der Waals surface area contributed by atoms with Crippen molar-refractivity contribution in [2.24, 2.45) is 0 Å². The van der Waals surface area contributed by atoms with Gasteiger partial charge in [-0.1, -0.05) is 44.5 Å². The van der Waals surface area contributed by atoms with Crippen LogP contribution in [-0.4, -0.2) is 11.5 Å². The number of hydrogen-bond donors (Lipinski definition) is 1. The number of aryl methyl sites for hydroxylation is 1. The third kappa shape index (κ3) is 4.65. The highest BCUT2D eigenvalue weighted by Gasteiger charge is 2.14. The Kier molecular flexibility index (Phi) is 6.40. The fourth-order valence-corrected chi connectivity index (χ4v) is 2.90. The van der Waals surface area contributed by atoms with Gasteiger partial charge >= 0.3 is 0 Å². The van der Waals surface area contributed by atoms with Crippen molar-refractivity contribution in [3.63, 3.8) is 0 Å². The molecule has 1 atom stereocenters. The van der Waals surface area contributed by atoms with E-state index < -0.39 is 0 Å². The molecule has 0 saturated carbocycles. The maximum absolute atomic E-state index is 4.31. The highest BCUT2D eigenvalue weighted by Crippen LogP contribution is 2.25. The zero-order chi connectivity index (χ0) is 15.1. The molecular weight excluding hydrogens is 324 g/mol. The molecule has 0 aliphatic carbocycles. The summed E-state index contributed by atoms with van der Waals surface area (Å²) in [6.45, 7) is 5.41. The number of pyridine rings is 1. The Morgan fingerprint density at radius 3 is 2.67 bits per heavy atom. The molecule has 1 unspecified atom stereocenters. The predicted octanol–water partition coefficient (Wildman–Crippen LogP) is 4.89. The summed E-state index contributed by atoms with van der Waals surface area (Å²) in [6, 6.07) is 11.2. The Labute approximate surface area is 136 Å². The van der Waals surface area contributed by atoms with Gasteiger partial charge in [0.1, 0.15) is 0 Å². The number of benzene rings is 1. The summed E-state index contributed by atoms with van der Waals surface area (Å²) in [5, 5.41) is 3.64. The molecule has 112 valence electrons. The highest BCUT2D eigenvalue weighted by molar-refractivity contribution is 9.10. The molecule has 1 aromatic carbocycles. The van der Waals surface area contributed by atoms with Crippen molar-refractivity contribution in [3.05, 3.63) is 63.9 Å². The summed E-state index contributed by atoms with van der Waals surface area (Å²) in [7, 11) is 0. The van der Waals surface area contributed by atoms with E-state index in [1.807, 2.05) is 12.4 Å². The number of halogens is 1. The van der Waals surface area contributed by atoms with Gasteiger partial charge in [-0.3, -0.25) is 4.98 Å². The first-order valence-electron chi connectivity index (χ1n) is 7.67. The van der Waals surface area contributed by atoms with Crippen LogP contribution in [0.15, 0.2) is 47.2 Å². The Balaban J connectivity index is 2.33. The van der Waals surface area contributed by atoms with Gasteiger partial charge in [-0.25, -0.2) is 0 Å². The summed E-state index contributed by atoms with van der Waals surface area (Å²) >= 11 is 3.52. The molecular formula is C18H23BrN2. The van der Waals surface area contributed by atoms with Crippen molar-refractivity contribution in [1.29, 1.82) is 0 Å². The molecule has 0 fully saturated rings. The minimum absolute atomic E-state index is 0.201. The number of hydrogen-bond acceptors (Lipinski definition) is 2. The van der Waals surface area contributed by atoms with E-state index in [-0.39, 0.29) is 6.04 Å². The van der Waals surface area contributed by atoms with E-state index in [4.69, 9.17) is 0 Å². The quantitative estimate of drug-likeness (QED) is 0.772. The number of aromatic nitrogens is 1. The lowest BCUT2D eigenvalue weighted by Gasteiger charge is -2.20. The number of nitrogens with zero attached hydrogens (tertiary/aromatic N) is 1. The topological polar surface area (TPSA) is 24.9 Å². The van der Waals surface area contributed by atoms with Crippen molar-refractivity contribution in [2.45, 2.75) is 39.2 Å². The largest absolute Gasteiger partial charge is 0.306 e. The van der Waals surface area contributed by atoms with Gasteiger partial charge in [0.05, 0.1) is 6.04 Å².